The lowest BCUT2D eigenvalue weighted by Crippen LogP contribution is -2.47. The molecule has 1 aromatic heterocycles. The molecule has 2 fully saturated rings. The van der Waals surface area contributed by atoms with Crippen molar-refractivity contribution < 1.29 is 23.6 Å². The lowest BCUT2D eigenvalue weighted by Gasteiger charge is -2.23. The van der Waals surface area contributed by atoms with Gasteiger partial charge in [0.25, 0.3) is 17.1 Å². The second-order valence-corrected chi connectivity index (χ2v) is 9.22. The van der Waals surface area contributed by atoms with E-state index < -0.39 is 23.0 Å². The minimum atomic E-state index is -0.569. The number of carbonyl (C=O) groups is 4. The van der Waals surface area contributed by atoms with Crippen molar-refractivity contribution in [3.8, 4) is 0 Å². The predicted octanol–water partition coefficient (Wildman–Crippen LogP) is 3.34. The van der Waals surface area contributed by atoms with E-state index in [9.17, 15) is 23.6 Å². The molecule has 166 valence electrons. The van der Waals surface area contributed by atoms with Crippen molar-refractivity contribution in [3.05, 3.63) is 62.9 Å². The molecule has 0 unspecified atom stereocenters. The molecular formula is C22H20FN3O4S2. The largest absolute Gasteiger partial charge is 0.353 e. The zero-order valence-electron chi connectivity index (χ0n) is 17.0. The number of amides is 4. The van der Waals surface area contributed by atoms with E-state index in [1.807, 2.05) is 5.38 Å². The number of hydrogen-bond acceptors (Lipinski definition) is 6. The van der Waals surface area contributed by atoms with Crippen molar-refractivity contribution >= 4 is 52.1 Å². The number of thiophene rings is 1. The number of benzene rings is 1. The summed E-state index contributed by atoms with van der Waals surface area (Å²) >= 11 is 2.07. The van der Waals surface area contributed by atoms with Gasteiger partial charge < -0.3 is 10.2 Å². The van der Waals surface area contributed by atoms with Crippen LogP contribution in [0.1, 0.15) is 28.1 Å². The molecule has 4 rings (SSSR count). The first-order valence-electron chi connectivity index (χ1n) is 10.1. The Balaban J connectivity index is 1.33. The van der Waals surface area contributed by atoms with Gasteiger partial charge in [-0.05, 0) is 48.2 Å². The monoisotopic (exact) mass is 473 g/mol. The minimum Gasteiger partial charge on any atom is -0.353 e. The van der Waals surface area contributed by atoms with Gasteiger partial charge in [-0.2, -0.15) is 0 Å². The highest BCUT2D eigenvalue weighted by atomic mass is 32.2. The Morgan fingerprint density at radius 1 is 1.19 bits per heavy atom. The van der Waals surface area contributed by atoms with Crippen molar-refractivity contribution in [1.29, 1.82) is 0 Å². The van der Waals surface area contributed by atoms with Gasteiger partial charge in [0, 0.05) is 25.2 Å². The molecule has 0 spiro atoms. The fraction of sp³-hybridized carbons (Fsp3) is 0.273. The van der Waals surface area contributed by atoms with E-state index in [-0.39, 0.29) is 35.4 Å². The normalized spacial score (nSPS) is 19.8. The number of thioether (sulfide) groups is 1. The SMILES string of the molecule is O=C(NCCN1C(=O)SC(=Cc2ccccc2F)C1=O)[C@@H]1CCCN1C(=O)c1cccs1. The first-order valence-corrected chi connectivity index (χ1v) is 11.8. The summed E-state index contributed by atoms with van der Waals surface area (Å²) < 4.78 is 13.8. The van der Waals surface area contributed by atoms with Crippen LogP contribution in [0.4, 0.5) is 9.18 Å². The van der Waals surface area contributed by atoms with Crippen LogP contribution in [0.5, 0.6) is 0 Å². The van der Waals surface area contributed by atoms with E-state index in [0.29, 0.717) is 17.8 Å². The van der Waals surface area contributed by atoms with Crippen LogP contribution in [-0.4, -0.2) is 58.4 Å². The van der Waals surface area contributed by atoms with Gasteiger partial charge in [-0.3, -0.25) is 24.1 Å². The van der Waals surface area contributed by atoms with E-state index in [2.05, 4.69) is 5.32 Å². The summed E-state index contributed by atoms with van der Waals surface area (Å²) in [6, 6.07) is 8.94. The number of rotatable bonds is 6. The highest BCUT2D eigenvalue weighted by molar-refractivity contribution is 8.18. The summed E-state index contributed by atoms with van der Waals surface area (Å²) in [4.78, 5) is 53.4. The molecular weight excluding hydrogens is 453 g/mol. The molecule has 10 heteroatoms. The summed E-state index contributed by atoms with van der Waals surface area (Å²) in [5, 5.41) is 4.08. The number of halogens is 1. The molecule has 2 saturated heterocycles. The standard InChI is InChI=1S/C22H20FN3O4S2/c23-15-6-2-1-5-14(15)13-18-21(29)26(22(30)32-18)11-9-24-19(27)16-7-3-10-25(16)20(28)17-8-4-12-31-17/h1-2,4-6,8,12-13,16H,3,7,9-11H2,(H,24,27)/t16-/m0/s1. The molecule has 1 N–H and O–H groups in total. The number of nitrogens with one attached hydrogen (secondary N) is 1. The number of nitrogens with zero attached hydrogens (tertiary/aromatic N) is 2. The van der Waals surface area contributed by atoms with Crippen LogP contribution in [0.25, 0.3) is 6.08 Å². The van der Waals surface area contributed by atoms with E-state index in [1.165, 1.54) is 29.5 Å². The molecule has 2 aliphatic heterocycles. The summed E-state index contributed by atoms with van der Waals surface area (Å²) in [6.07, 6.45) is 2.65. The van der Waals surface area contributed by atoms with Gasteiger partial charge in [0.05, 0.1) is 9.78 Å². The molecule has 0 saturated carbocycles. The third-order valence-electron chi connectivity index (χ3n) is 5.25. The zero-order chi connectivity index (χ0) is 22.7. The van der Waals surface area contributed by atoms with Gasteiger partial charge in [-0.25, -0.2) is 4.39 Å². The Hall–Kier alpha value is -2.98. The Kier molecular flexibility index (Phi) is 6.71. The molecule has 0 radical (unpaired) electrons. The Labute approximate surface area is 192 Å². The Bertz CT molecular complexity index is 1090. The lowest BCUT2D eigenvalue weighted by molar-refractivity contribution is -0.126. The zero-order valence-corrected chi connectivity index (χ0v) is 18.6. The summed E-state index contributed by atoms with van der Waals surface area (Å²) in [5.74, 6) is -1.47. The van der Waals surface area contributed by atoms with E-state index in [4.69, 9.17) is 0 Å². The Morgan fingerprint density at radius 3 is 2.75 bits per heavy atom. The number of carbonyl (C=O) groups excluding carboxylic acids is 4. The first-order chi connectivity index (χ1) is 15.5. The highest BCUT2D eigenvalue weighted by Crippen LogP contribution is 2.32. The lowest BCUT2D eigenvalue weighted by atomic mass is 10.2. The van der Waals surface area contributed by atoms with Gasteiger partial charge in [-0.15, -0.1) is 11.3 Å². The maximum atomic E-state index is 13.8. The highest BCUT2D eigenvalue weighted by Gasteiger charge is 2.37. The molecule has 3 heterocycles. The maximum Gasteiger partial charge on any atom is 0.293 e. The van der Waals surface area contributed by atoms with Gasteiger partial charge in [-0.1, -0.05) is 24.3 Å². The van der Waals surface area contributed by atoms with Gasteiger partial charge >= 0.3 is 0 Å². The van der Waals surface area contributed by atoms with Crippen molar-refractivity contribution in [3.63, 3.8) is 0 Å². The van der Waals surface area contributed by atoms with E-state index >= 15 is 0 Å². The van der Waals surface area contributed by atoms with Crippen molar-refractivity contribution in [1.82, 2.24) is 15.1 Å². The molecule has 0 aliphatic carbocycles. The molecule has 2 aliphatic rings. The van der Waals surface area contributed by atoms with Crippen molar-refractivity contribution in [2.75, 3.05) is 19.6 Å². The van der Waals surface area contributed by atoms with Crippen LogP contribution in [0, 0.1) is 5.82 Å². The molecule has 1 atom stereocenters. The molecule has 4 amide bonds. The molecule has 32 heavy (non-hydrogen) atoms. The molecule has 7 nitrogen and oxygen atoms in total. The first kappa shape index (κ1) is 22.2. The quantitative estimate of drug-likeness (QED) is 0.651. The van der Waals surface area contributed by atoms with Gasteiger partial charge in [0.15, 0.2) is 0 Å². The van der Waals surface area contributed by atoms with Gasteiger partial charge in [0.1, 0.15) is 11.9 Å². The number of likely N-dealkylation sites (tertiary alicyclic amines) is 1. The summed E-state index contributed by atoms with van der Waals surface area (Å²) in [6.45, 7) is 0.580. The second-order valence-electron chi connectivity index (χ2n) is 7.28. The fourth-order valence-electron chi connectivity index (χ4n) is 3.66. The summed E-state index contributed by atoms with van der Waals surface area (Å²) in [5.41, 5.74) is 0.225. The van der Waals surface area contributed by atoms with Crippen LogP contribution in [-0.2, 0) is 9.59 Å². The summed E-state index contributed by atoms with van der Waals surface area (Å²) in [7, 11) is 0. The fourth-order valence-corrected chi connectivity index (χ4v) is 5.19. The molecule has 0 bridgehead atoms. The van der Waals surface area contributed by atoms with Gasteiger partial charge in [0.2, 0.25) is 5.91 Å². The van der Waals surface area contributed by atoms with E-state index in [0.717, 1.165) is 23.1 Å². The number of imide groups is 1. The molecule has 2 aromatic rings. The van der Waals surface area contributed by atoms with Crippen LogP contribution >= 0.6 is 23.1 Å². The van der Waals surface area contributed by atoms with Crippen LogP contribution in [0.15, 0.2) is 46.7 Å². The third kappa shape index (κ3) is 4.61. The maximum absolute atomic E-state index is 13.8. The average molecular weight is 474 g/mol. The van der Waals surface area contributed by atoms with Crippen LogP contribution < -0.4 is 5.32 Å². The van der Waals surface area contributed by atoms with Crippen LogP contribution in [0.2, 0.25) is 0 Å². The number of hydrogen-bond donors (Lipinski definition) is 1. The average Bonchev–Trinajstić information content (AvgIpc) is 3.53. The topological polar surface area (TPSA) is 86.8 Å². The van der Waals surface area contributed by atoms with Crippen LogP contribution in [0.3, 0.4) is 0 Å². The minimum absolute atomic E-state index is 0.00336. The third-order valence-corrected chi connectivity index (χ3v) is 7.01. The van der Waals surface area contributed by atoms with Crippen molar-refractivity contribution in [2.45, 2.75) is 18.9 Å². The predicted molar refractivity (Wildman–Crippen MR) is 120 cm³/mol. The van der Waals surface area contributed by atoms with E-state index in [1.54, 1.807) is 29.2 Å². The Morgan fingerprint density at radius 2 is 2.00 bits per heavy atom. The molecule has 1 aromatic carbocycles. The smallest absolute Gasteiger partial charge is 0.293 e. The van der Waals surface area contributed by atoms with Crippen molar-refractivity contribution in [2.24, 2.45) is 0 Å². The second kappa shape index (κ2) is 9.66.